The van der Waals surface area contributed by atoms with Gasteiger partial charge in [0, 0.05) is 18.1 Å². The molecule has 114 valence electrons. The molecular formula is C16H12Cl2FNO2. The summed E-state index contributed by atoms with van der Waals surface area (Å²) in [7, 11) is 0. The molecule has 0 N–H and O–H groups in total. The van der Waals surface area contributed by atoms with Gasteiger partial charge < -0.3 is 9.64 Å². The average Bonchev–Trinajstić information content (AvgIpc) is 2.78. The first-order chi connectivity index (χ1) is 10.6. The third-order valence-corrected chi connectivity index (χ3v) is 4.07. The Labute approximate surface area is 137 Å². The van der Waals surface area contributed by atoms with E-state index < -0.39 is 6.86 Å². The highest BCUT2D eigenvalue weighted by Crippen LogP contribution is 2.34. The molecule has 0 saturated heterocycles. The molecule has 0 unspecified atom stereocenters. The highest BCUT2D eigenvalue weighted by Gasteiger charge is 2.30. The molecule has 0 saturated carbocycles. The zero-order valence-electron chi connectivity index (χ0n) is 11.5. The molecule has 0 bridgehead atoms. The van der Waals surface area contributed by atoms with E-state index in [4.69, 9.17) is 27.9 Å². The van der Waals surface area contributed by atoms with E-state index in [-0.39, 0.29) is 10.9 Å². The zero-order chi connectivity index (χ0) is 15.7. The predicted molar refractivity (Wildman–Crippen MR) is 83.1 cm³/mol. The number of carbonyl (C=O) groups is 1. The second kappa shape index (κ2) is 6.15. The lowest BCUT2D eigenvalue weighted by Crippen LogP contribution is -2.23. The summed E-state index contributed by atoms with van der Waals surface area (Å²) >= 11 is 12.0. The summed E-state index contributed by atoms with van der Waals surface area (Å²) in [6, 6.07) is 10.4. The molecule has 3 rings (SSSR count). The Morgan fingerprint density at radius 2 is 1.91 bits per heavy atom. The molecule has 6 heteroatoms. The number of rotatable bonds is 4. The van der Waals surface area contributed by atoms with Crippen LogP contribution in [-0.2, 0) is 13.1 Å². The minimum Gasteiger partial charge on any atom is -0.463 e. The van der Waals surface area contributed by atoms with Gasteiger partial charge in [-0.3, -0.25) is 4.79 Å². The number of amides is 1. The van der Waals surface area contributed by atoms with E-state index in [1.165, 1.54) is 6.07 Å². The van der Waals surface area contributed by atoms with E-state index in [0.717, 1.165) is 11.1 Å². The van der Waals surface area contributed by atoms with Crippen LogP contribution in [0.1, 0.15) is 21.5 Å². The fourth-order valence-corrected chi connectivity index (χ4v) is 2.96. The van der Waals surface area contributed by atoms with Gasteiger partial charge in [0.25, 0.3) is 5.91 Å². The number of alkyl halides is 1. The van der Waals surface area contributed by atoms with Gasteiger partial charge >= 0.3 is 0 Å². The van der Waals surface area contributed by atoms with Crippen molar-refractivity contribution in [3.8, 4) is 5.75 Å². The van der Waals surface area contributed by atoms with Crippen LogP contribution in [-0.4, -0.2) is 17.7 Å². The third-order valence-electron chi connectivity index (χ3n) is 3.52. The van der Waals surface area contributed by atoms with Gasteiger partial charge in [0.15, 0.2) is 0 Å². The number of hydrogen-bond donors (Lipinski definition) is 0. The van der Waals surface area contributed by atoms with Crippen LogP contribution in [0, 0.1) is 0 Å². The maximum absolute atomic E-state index is 12.5. The molecule has 22 heavy (non-hydrogen) atoms. The van der Waals surface area contributed by atoms with Crippen molar-refractivity contribution in [2.45, 2.75) is 13.1 Å². The number of hydrogen-bond acceptors (Lipinski definition) is 2. The quantitative estimate of drug-likeness (QED) is 0.823. The second-order valence-corrected chi connectivity index (χ2v) is 5.82. The highest BCUT2D eigenvalue weighted by molar-refractivity contribution is 6.34. The second-order valence-electron chi connectivity index (χ2n) is 4.98. The maximum atomic E-state index is 12.5. The van der Waals surface area contributed by atoms with Crippen LogP contribution in [0.3, 0.4) is 0 Å². The molecular weight excluding hydrogens is 328 g/mol. The monoisotopic (exact) mass is 339 g/mol. The minimum atomic E-state index is -0.933. The predicted octanol–water partition coefficient (Wildman–Crippen LogP) is 4.46. The molecule has 0 aliphatic carbocycles. The summed E-state index contributed by atoms with van der Waals surface area (Å²) in [5.41, 5.74) is 2.18. The fourth-order valence-electron chi connectivity index (χ4n) is 2.52. The van der Waals surface area contributed by atoms with Crippen LogP contribution in [0.25, 0.3) is 0 Å². The lowest BCUT2D eigenvalue weighted by Gasteiger charge is -2.15. The van der Waals surface area contributed by atoms with Gasteiger partial charge in [0.2, 0.25) is 6.86 Å². The Morgan fingerprint density at radius 3 is 2.59 bits per heavy atom. The van der Waals surface area contributed by atoms with E-state index in [1.54, 1.807) is 23.1 Å². The van der Waals surface area contributed by atoms with Gasteiger partial charge in [-0.25, -0.2) is 4.39 Å². The normalized spacial score (nSPS) is 13.4. The van der Waals surface area contributed by atoms with Crippen molar-refractivity contribution >= 4 is 29.1 Å². The van der Waals surface area contributed by atoms with Crippen molar-refractivity contribution in [3.05, 3.63) is 63.1 Å². The molecule has 1 heterocycles. The standard InChI is InChI=1S/C16H12Cl2FNO2/c17-12-3-1-10(2-4-12)7-20-8-11-5-13(22-9-19)6-14(18)15(11)16(20)21/h1-6H,7-9H2. The number of carbonyl (C=O) groups excluding carboxylic acids is 1. The zero-order valence-corrected chi connectivity index (χ0v) is 13.0. The van der Waals surface area contributed by atoms with Crippen LogP contribution in [0.15, 0.2) is 36.4 Å². The van der Waals surface area contributed by atoms with Gasteiger partial charge in [0.05, 0.1) is 10.6 Å². The van der Waals surface area contributed by atoms with Crippen molar-refractivity contribution in [2.24, 2.45) is 0 Å². The summed E-state index contributed by atoms with van der Waals surface area (Å²) in [5, 5.41) is 0.931. The Kier molecular flexibility index (Phi) is 4.23. The van der Waals surface area contributed by atoms with Gasteiger partial charge in [-0.05, 0) is 35.4 Å². The van der Waals surface area contributed by atoms with E-state index in [2.05, 4.69) is 0 Å². The van der Waals surface area contributed by atoms with Gasteiger partial charge in [0.1, 0.15) is 5.75 Å². The van der Waals surface area contributed by atoms with Crippen LogP contribution in [0.4, 0.5) is 4.39 Å². The van der Waals surface area contributed by atoms with Crippen LogP contribution >= 0.6 is 23.2 Å². The van der Waals surface area contributed by atoms with Crippen LogP contribution < -0.4 is 4.74 Å². The number of halogens is 3. The van der Waals surface area contributed by atoms with E-state index in [9.17, 15) is 9.18 Å². The number of fused-ring (bicyclic) bond motifs is 1. The summed E-state index contributed by atoms with van der Waals surface area (Å²) < 4.78 is 17.1. The topological polar surface area (TPSA) is 29.5 Å². The highest BCUT2D eigenvalue weighted by atomic mass is 35.5. The first kappa shape index (κ1) is 15.1. The number of benzene rings is 2. The molecule has 0 radical (unpaired) electrons. The van der Waals surface area contributed by atoms with Crippen molar-refractivity contribution < 1.29 is 13.9 Å². The summed E-state index contributed by atoms with van der Waals surface area (Å²) in [6.07, 6.45) is 0. The minimum absolute atomic E-state index is 0.137. The average molecular weight is 340 g/mol. The Bertz CT molecular complexity index is 719. The van der Waals surface area contributed by atoms with Crippen molar-refractivity contribution in [1.82, 2.24) is 4.90 Å². The van der Waals surface area contributed by atoms with Crippen molar-refractivity contribution in [3.63, 3.8) is 0 Å². The van der Waals surface area contributed by atoms with Gasteiger partial charge in [-0.1, -0.05) is 35.3 Å². The SMILES string of the molecule is O=C1c2c(Cl)cc(OCF)cc2CN1Cc1ccc(Cl)cc1. The Hall–Kier alpha value is -1.78. The molecule has 0 fully saturated rings. The van der Waals surface area contributed by atoms with E-state index in [1.807, 2.05) is 12.1 Å². The van der Waals surface area contributed by atoms with Crippen LogP contribution in [0.2, 0.25) is 10.0 Å². The Morgan fingerprint density at radius 1 is 1.18 bits per heavy atom. The molecule has 3 nitrogen and oxygen atoms in total. The molecule has 2 aromatic carbocycles. The van der Waals surface area contributed by atoms with Crippen molar-refractivity contribution in [2.75, 3.05) is 6.86 Å². The van der Waals surface area contributed by atoms with Crippen LogP contribution in [0.5, 0.6) is 5.75 Å². The van der Waals surface area contributed by atoms with E-state index >= 15 is 0 Å². The van der Waals surface area contributed by atoms with Gasteiger partial charge in [-0.2, -0.15) is 0 Å². The largest absolute Gasteiger partial charge is 0.463 e. The first-order valence-corrected chi connectivity index (χ1v) is 7.39. The lowest BCUT2D eigenvalue weighted by atomic mass is 10.1. The van der Waals surface area contributed by atoms with E-state index in [0.29, 0.717) is 29.4 Å². The molecule has 0 spiro atoms. The molecule has 1 aliphatic heterocycles. The maximum Gasteiger partial charge on any atom is 0.256 e. The fraction of sp³-hybridized carbons (Fsp3) is 0.188. The first-order valence-electron chi connectivity index (χ1n) is 6.63. The summed E-state index contributed by atoms with van der Waals surface area (Å²) in [4.78, 5) is 14.1. The molecule has 0 aromatic heterocycles. The third kappa shape index (κ3) is 2.89. The van der Waals surface area contributed by atoms with Crippen molar-refractivity contribution in [1.29, 1.82) is 0 Å². The van der Waals surface area contributed by atoms with Gasteiger partial charge in [-0.15, -0.1) is 0 Å². The number of nitrogens with zero attached hydrogens (tertiary/aromatic N) is 1. The molecule has 1 aliphatic rings. The Balaban J connectivity index is 1.84. The summed E-state index contributed by atoms with van der Waals surface area (Å²) in [5.74, 6) is 0.189. The molecule has 0 atom stereocenters. The smallest absolute Gasteiger partial charge is 0.256 e. The number of ether oxygens (including phenoxy) is 1. The molecule has 2 aromatic rings. The molecule has 1 amide bonds. The summed E-state index contributed by atoms with van der Waals surface area (Å²) in [6.45, 7) is -0.0577. The lowest BCUT2D eigenvalue weighted by molar-refractivity contribution is 0.0767.